The first kappa shape index (κ1) is 17.2. The number of benzene rings is 1. The molecule has 3 rings (SSSR count). The van der Waals surface area contributed by atoms with Gasteiger partial charge in [0.05, 0.1) is 19.3 Å². The van der Waals surface area contributed by atoms with Gasteiger partial charge in [0.15, 0.2) is 0 Å². The maximum Gasteiger partial charge on any atom is 0.242 e. The Kier molecular flexibility index (Phi) is 5.19. The molecule has 25 heavy (non-hydrogen) atoms. The molecule has 0 aliphatic carbocycles. The number of aromatic nitrogens is 1. The van der Waals surface area contributed by atoms with Crippen molar-refractivity contribution in [2.24, 2.45) is 0 Å². The molecular formula is C18H20N4O2S. The van der Waals surface area contributed by atoms with Crippen molar-refractivity contribution in [3.05, 3.63) is 41.1 Å². The van der Waals surface area contributed by atoms with Gasteiger partial charge in [-0.05, 0) is 42.6 Å². The third-order valence-corrected chi connectivity index (χ3v) is 5.31. The summed E-state index contributed by atoms with van der Waals surface area (Å²) >= 11 is 1.30. The Bertz CT molecular complexity index is 794. The summed E-state index contributed by atoms with van der Waals surface area (Å²) < 4.78 is 9.43. The predicted molar refractivity (Wildman–Crippen MR) is 96.8 cm³/mol. The van der Waals surface area contributed by atoms with Gasteiger partial charge < -0.3 is 14.5 Å². The molecule has 130 valence electrons. The summed E-state index contributed by atoms with van der Waals surface area (Å²) in [6.07, 6.45) is 0.865. The monoisotopic (exact) mass is 356 g/mol. The van der Waals surface area contributed by atoms with Crippen LogP contribution in [0, 0.1) is 18.3 Å². The highest BCUT2D eigenvalue weighted by Crippen LogP contribution is 2.29. The average Bonchev–Trinajstić information content (AvgIpc) is 2.91. The second kappa shape index (κ2) is 7.53. The van der Waals surface area contributed by atoms with Crippen LogP contribution in [-0.2, 0) is 11.3 Å². The van der Waals surface area contributed by atoms with E-state index in [4.69, 9.17) is 4.74 Å². The Morgan fingerprint density at radius 3 is 2.76 bits per heavy atom. The average molecular weight is 356 g/mol. The first-order valence-corrected chi connectivity index (χ1v) is 8.91. The minimum atomic E-state index is 0.0725. The first-order chi connectivity index (χ1) is 12.1. The van der Waals surface area contributed by atoms with Gasteiger partial charge in [-0.25, -0.2) is 0 Å². The minimum Gasteiger partial charge on any atom is -0.497 e. The third kappa shape index (κ3) is 3.74. The fraction of sp³-hybridized carbons (Fsp3) is 0.389. The summed E-state index contributed by atoms with van der Waals surface area (Å²) in [5, 5.41) is 10.1. The summed E-state index contributed by atoms with van der Waals surface area (Å²) in [6.45, 7) is 4.16. The van der Waals surface area contributed by atoms with Crippen LogP contribution >= 0.6 is 11.5 Å². The molecule has 0 N–H and O–H groups in total. The number of nitrogens with zero attached hydrogens (tertiary/aromatic N) is 4. The molecule has 7 heteroatoms. The molecule has 0 saturated carbocycles. The highest BCUT2D eigenvalue weighted by atomic mass is 32.1. The second-order valence-electron chi connectivity index (χ2n) is 6.00. The summed E-state index contributed by atoms with van der Waals surface area (Å²) in [4.78, 5) is 16.6. The van der Waals surface area contributed by atoms with Crippen LogP contribution in [0.4, 0.5) is 5.00 Å². The van der Waals surface area contributed by atoms with Crippen molar-refractivity contribution in [3.63, 3.8) is 0 Å². The lowest BCUT2D eigenvalue weighted by Gasteiger charge is -2.22. The number of ether oxygens (including phenoxy) is 1. The quantitative estimate of drug-likeness (QED) is 0.842. The molecule has 2 heterocycles. The Morgan fingerprint density at radius 2 is 2.08 bits per heavy atom. The van der Waals surface area contributed by atoms with Gasteiger partial charge in [-0.1, -0.05) is 12.1 Å². The van der Waals surface area contributed by atoms with E-state index < -0.39 is 0 Å². The fourth-order valence-corrected chi connectivity index (χ4v) is 3.78. The SMILES string of the molecule is COc1ccc(CN2CCCN(c3snc(C)c3C#N)CC2=O)cc1. The summed E-state index contributed by atoms with van der Waals surface area (Å²) in [6, 6.07) is 9.98. The van der Waals surface area contributed by atoms with Crippen molar-refractivity contribution < 1.29 is 9.53 Å². The molecule has 2 aromatic rings. The van der Waals surface area contributed by atoms with Crippen LogP contribution in [0.5, 0.6) is 5.75 Å². The molecule has 1 aliphatic heterocycles. The highest BCUT2D eigenvalue weighted by molar-refractivity contribution is 7.10. The molecule has 0 spiro atoms. The molecule has 0 bridgehead atoms. The molecule has 0 unspecified atom stereocenters. The van der Waals surface area contributed by atoms with Gasteiger partial charge >= 0.3 is 0 Å². The lowest BCUT2D eigenvalue weighted by molar-refractivity contribution is -0.129. The van der Waals surface area contributed by atoms with Gasteiger partial charge in [-0.3, -0.25) is 4.79 Å². The third-order valence-electron chi connectivity index (χ3n) is 4.31. The Hall–Kier alpha value is -2.59. The number of hydrogen-bond donors (Lipinski definition) is 0. The van der Waals surface area contributed by atoms with Gasteiger partial charge in [-0.2, -0.15) is 9.64 Å². The van der Waals surface area contributed by atoms with E-state index in [1.54, 1.807) is 7.11 Å². The summed E-state index contributed by atoms with van der Waals surface area (Å²) in [7, 11) is 1.64. The summed E-state index contributed by atoms with van der Waals surface area (Å²) in [5.41, 5.74) is 2.39. The topological polar surface area (TPSA) is 69.5 Å². The zero-order valence-corrected chi connectivity index (χ0v) is 15.2. The smallest absolute Gasteiger partial charge is 0.242 e. The van der Waals surface area contributed by atoms with E-state index in [1.807, 2.05) is 41.0 Å². The van der Waals surface area contributed by atoms with Crippen molar-refractivity contribution in [1.82, 2.24) is 9.27 Å². The van der Waals surface area contributed by atoms with Crippen LogP contribution in [0.25, 0.3) is 0 Å². The molecule has 0 atom stereocenters. The fourth-order valence-electron chi connectivity index (χ4n) is 2.91. The van der Waals surface area contributed by atoms with E-state index in [0.717, 1.165) is 35.0 Å². The molecular weight excluding hydrogens is 336 g/mol. The minimum absolute atomic E-state index is 0.0725. The van der Waals surface area contributed by atoms with E-state index in [9.17, 15) is 10.1 Å². The van der Waals surface area contributed by atoms with Crippen LogP contribution in [0.1, 0.15) is 23.2 Å². The van der Waals surface area contributed by atoms with Crippen LogP contribution in [-0.4, -0.2) is 41.9 Å². The number of nitriles is 1. The van der Waals surface area contributed by atoms with Crippen LogP contribution in [0.3, 0.4) is 0 Å². The second-order valence-corrected chi connectivity index (χ2v) is 6.75. The number of amides is 1. The van der Waals surface area contributed by atoms with Crippen molar-refractivity contribution in [3.8, 4) is 11.8 Å². The largest absolute Gasteiger partial charge is 0.497 e. The standard InChI is InChI=1S/C18H20N4O2S/c1-13-16(10-19)18(25-20-13)22-9-3-8-21(17(23)12-22)11-14-4-6-15(24-2)7-5-14/h4-7H,3,8-9,11-12H2,1-2H3. The van der Waals surface area contributed by atoms with Gasteiger partial charge in [0, 0.05) is 19.6 Å². The number of methoxy groups -OCH3 is 1. The molecule has 1 saturated heterocycles. The number of carbonyl (C=O) groups excluding carboxylic acids is 1. The van der Waals surface area contributed by atoms with E-state index in [2.05, 4.69) is 10.4 Å². The normalized spacial score (nSPS) is 15.0. The Labute approximate surface area is 151 Å². The number of rotatable bonds is 4. The first-order valence-electron chi connectivity index (χ1n) is 8.14. The number of aryl methyl sites for hydroxylation is 1. The van der Waals surface area contributed by atoms with Crippen molar-refractivity contribution in [2.75, 3.05) is 31.6 Å². The highest BCUT2D eigenvalue weighted by Gasteiger charge is 2.25. The van der Waals surface area contributed by atoms with Gasteiger partial charge in [0.2, 0.25) is 5.91 Å². The predicted octanol–water partition coefficient (Wildman–Crippen LogP) is 2.57. The molecule has 1 fully saturated rings. The van der Waals surface area contributed by atoms with Crippen molar-refractivity contribution >= 4 is 22.4 Å². The Morgan fingerprint density at radius 1 is 1.32 bits per heavy atom. The van der Waals surface area contributed by atoms with Gasteiger partial charge in [0.25, 0.3) is 0 Å². The number of carbonyl (C=O) groups is 1. The number of hydrogen-bond acceptors (Lipinski definition) is 6. The molecule has 1 aromatic carbocycles. The van der Waals surface area contributed by atoms with E-state index in [-0.39, 0.29) is 12.5 Å². The molecule has 1 amide bonds. The zero-order chi connectivity index (χ0) is 17.8. The van der Waals surface area contributed by atoms with Crippen LogP contribution in [0.2, 0.25) is 0 Å². The van der Waals surface area contributed by atoms with E-state index in [1.165, 1.54) is 11.5 Å². The molecule has 1 aromatic heterocycles. The van der Waals surface area contributed by atoms with Gasteiger partial charge in [0.1, 0.15) is 22.4 Å². The van der Waals surface area contributed by atoms with E-state index >= 15 is 0 Å². The van der Waals surface area contributed by atoms with Crippen molar-refractivity contribution in [1.29, 1.82) is 5.26 Å². The summed E-state index contributed by atoms with van der Waals surface area (Å²) in [5.74, 6) is 0.880. The zero-order valence-electron chi connectivity index (χ0n) is 14.4. The molecule has 0 radical (unpaired) electrons. The lowest BCUT2D eigenvalue weighted by Crippen LogP contribution is -2.36. The maximum absolute atomic E-state index is 12.7. The van der Waals surface area contributed by atoms with Crippen LogP contribution < -0.4 is 9.64 Å². The van der Waals surface area contributed by atoms with Gasteiger partial charge in [-0.15, -0.1) is 0 Å². The maximum atomic E-state index is 12.7. The van der Waals surface area contributed by atoms with Crippen molar-refractivity contribution in [2.45, 2.75) is 19.9 Å². The molecule has 1 aliphatic rings. The lowest BCUT2D eigenvalue weighted by atomic mass is 10.2. The Balaban J connectivity index is 1.71. The molecule has 6 nitrogen and oxygen atoms in total. The van der Waals surface area contributed by atoms with Crippen LogP contribution in [0.15, 0.2) is 24.3 Å². The van der Waals surface area contributed by atoms with E-state index in [0.29, 0.717) is 18.7 Å². The number of anilines is 1.